The standard InChI is InChI=1S/C14H14N4O3/c1-7-13(9(3)21-16-7)8(2)18-12-5-4-10(14(19)20)6-11(12)15-17-18/h4-6,8H,1-3H3,(H,19,20). The summed E-state index contributed by atoms with van der Waals surface area (Å²) in [6.45, 7) is 5.71. The number of nitrogens with zero attached hydrogens (tertiary/aromatic N) is 4. The molecular formula is C14H14N4O3. The molecule has 2 heterocycles. The van der Waals surface area contributed by atoms with Crippen LogP contribution in [0.4, 0.5) is 0 Å². The third-order valence-electron chi connectivity index (χ3n) is 3.59. The van der Waals surface area contributed by atoms with Crippen molar-refractivity contribution >= 4 is 17.0 Å². The van der Waals surface area contributed by atoms with Crippen molar-refractivity contribution in [3.05, 3.63) is 40.8 Å². The van der Waals surface area contributed by atoms with E-state index in [1.807, 2.05) is 20.8 Å². The number of carboxylic acid groups (broad SMARTS) is 1. The third kappa shape index (κ3) is 2.06. The summed E-state index contributed by atoms with van der Waals surface area (Å²) in [5, 5.41) is 21.1. The molecule has 1 N–H and O–H groups in total. The molecule has 7 nitrogen and oxygen atoms in total. The number of fused-ring (bicyclic) bond motifs is 1. The molecule has 1 atom stereocenters. The van der Waals surface area contributed by atoms with Gasteiger partial charge >= 0.3 is 5.97 Å². The van der Waals surface area contributed by atoms with E-state index in [1.165, 1.54) is 6.07 Å². The van der Waals surface area contributed by atoms with E-state index >= 15 is 0 Å². The molecule has 0 bridgehead atoms. The molecule has 0 saturated heterocycles. The summed E-state index contributed by atoms with van der Waals surface area (Å²) in [6.07, 6.45) is 0. The van der Waals surface area contributed by atoms with Crippen LogP contribution in [-0.4, -0.2) is 31.2 Å². The lowest BCUT2D eigenvalue weighted by Crippen LogP contribution is -2.10. The molecule has 0 spiro atoms. The molecular weight excluding hydrogens is 272 g/mol. The number of aryl methyl sites for hydroxylation is 2. The second kappa shape index (κ2) is 4.69. The zero-order valence-corrected chi connectivity index (χ0v) is 11.9. The zero-order chi connectivity index (χ0) is 15.1. The van der Waals surface area contributed by atoms with Crippen molar-refractivity contribution in [2.75, 3.05) is 0 Å². The Morgan fingerprint density at radius 3 is 2.76 bits per heavy atom. The van der Waals surface area contributed by atoms with E-state index in [2.05, 4.69) is 15.5 Å². The molecule has 1 aromatic carbocycles. The van der Waals surface area contributed by atoms with Crippen LogP contribution in [0.15, 0.2) is 22.7 Å². The van der Waals surface area contributed by atoms with Crippen molar-refractivity contribution in [2.45, 2.75) is 26.8 Å². The van der Waals surface area contributed by atoms with Gasteiger partial charge < -0.3 is 9.63 Å². The fourth-order valence-corrected chi connectivity index (χ4v) is 2.57. The maximum Gasteiger partial charge on any atom is 0.335 e. The number of rotatable bonds is 3. The lowest BCUT2D eigenvalue weighted by Gasteiger charge is -2.12. The topological polar surface area (TPSA) is 94.0 Å². The van der Waals surface area contributed by atoms with Gasteiger partial charge in [-0.1, -0.05) is 10.4 Å². The molecule has 2 aromatic heterocycles. The molecule has 0 radical (unpaired) electrons. The third-order valence-corrected chi connectivity index (χ3v) is 3.59. The second-order valence-electron chi connectivity index (χ2n) is 4.96. The van der Waals surface area contributed by atoms with Gasteiger partial charge in [0.1, 0.15) is 11.3 Å². The highest BCUT2D eigenvalue weighted by molar-refractivity contribution is 5.92. The fraction of sp³-hybridized carbons (Fsp3) is 0.286. The number of carbonyl (C=O) groups is 1. The molecule has 3 rings (SSSR count). The number of benzene rings is 1. The molecule has 0 aliphatic heterocycles. The lowest BCUT2D eigenvalue weighted by molar-refractivity contribution is 0.0697. The second-order valence-corrected chi connectivity index (χ2v) is 4.96. The number of hydrogen-bond acceptors (Lipinski definition) is 5. The molecule has 21 heavy (non-hydrogen) atoms. The Balaban J connectivity index is 2.11. The minimum atomic E-state index is -0.981. The lowest BCUT2D eigenvalue weighted by atomic mass is 10.1. The first-order chi connectivity index (χ1) is 9.99. The average Bonchev–Trinajstić information content (AvgIpc) is 3.01. The maximum absolute atomic E-state index is 11.0. The van der Waals surface area contributed by atoms with Crippen LogP contribution in [0.5, 0.6) is 0 Å². The first-order valence-electron chi connectivity index (χ1n) is 6.50. The van der Waals surface area contributed by atoms with Gasteiger partial charge in [-0.3, -0.25) is 0 Å². The first kappa shape index (κ1) is 13.3. The average molecular weight is 286 g/mol. The summed E-state index contributed by atoms with van der Waals surface area (Å²) in [4.78, 5) is 11.0. The molecule has 1 unspecified atom stereocenters. The zero-order valence-electron chi connectivity index (χ0n) is 11.9. The van der Waals surface area contributed by atoms with Gasteiger partial charge in [0, 0.05) is 5.56 Å². The monoisotopic (exact) mass is 286 g/mol. The number of aromatic nitrogens is 4. The summed E-state index contributed by atoms with van der Waals surface area (Å²) in [6, 6.07) is 4.68. The predicted molar refractivity (Wildman–Crippen MR) is 74.3 cm³/mol. The highest BCUT2D eigenvalue weighted by atomic mass is 16.5. The van der Waals surface area contributed by atoms with Crippen molar-refractivity contribution in [3.8, 4) is 0 Å². The van der Waals surface area contributed by atoms with E-state index < -0.39 is 5.97 Å². The van der Waals surface area contributed by atoms with E-state index in [0.717, 1.165) is 22.5 Å². The van der Waals surface area contributed by atoms with Crippen LogP contribution in [-0.2, 0) is 0 Å². The molecule has 108 valence electrons. The number of hydrogen-bond donors (Lipinski definition) is 1. The van der Waals surface area contributed by atoms with Crippen molar-refractivity contribution in [1.29, 1.82) is 0 Å². The van der Waals surface area contributed by atoms with E-state index in [9.17, 15) is 4.79 Å². The number of aromatic carboxylic acids is 1. The van der Waals surface area contributed by atoms with Crippen LogP contribution in [0.3, 0.4) is 0 Å². The SMILES string of the molecule is Cc1noc(C)c1C(C)n1nnc2cc(C(=O)O)ccc21. The Bertz CT molecular complexity index is 814. The van der Waals surface area contributed by atoms with E-state index in [0.29, 0.717) is 5.52 Å². The molecule has 0 saturated carbocycles. The fourth-order valence-electron chi connectivity index (χ4n) is 2.57. The molecule has 3 aromatic rings. The van der Waals surface area contributed by atoms with Gasteiger partial charge in [0.05, 0.1) is 22.8 Å². The summed E-state index contributed by atoms with van der Waals surface area (Å²) in [5.41, 5.74) is 3.29. The molecule has 0 aliphatic rings. The summed E-state index contributed by atoms with van der Waals surface area (Å²) >= 11 is 0. The Morgan fingerprint density at radius 1 is 1.38 bits per heavy atom. The van der Waals surface area contributed by atoms with Gasteiger partial charge in [-0.15, -0.1) is 5.10 Å². The van der Waals surface area contributed by atoms with Crippen LogP contribution in [0.2, 0.25) is 0 Å². The summed E-state index contributed by atoms with van der Waals surface area (Å²) < 4.78 is 6.93. The van der Waals surface area contributed by atoms with Crippen molar-refractivity contribution in [3.63, 3.8) is 0 Å². The summed E-state index contributed by atoms with van der Waals surface area (Å²) in [7, 11) is 0. The van der Waals surface area contributed by atoms with Gasteiger partial charge in [0.25, 0.3) is 0 Å². The Kier molecular flexibility index (Phi) is 2.97. The molecule has 0 amide bonds. The van der Waals surface area contributed by atoms with Crippen LogP contribution >= 0.6 is 0 Å². The quantitative estimate of drug-likeness (QED) is 0.794. The van der Waals surface area contributed by atoms with Crippen molar-refractivity contribution in [2.24, 2.45) is 0 Å². The largest absolute Gasteiger partial charge is 0.478 e. The highest BCUT2D eigenvalue weighted by Gasteiger charge is 2.21. The number of carboxylic acids is 1. The van der Waals surface area contributed by atoms with E-state index in [4.69, 9.17) is 9.63 Å². The van der Waals surface area contributed by atoms with Crippen molar-refractivity contribution in [1.82, 2.24) is 20.2 Å². The minimum Gasteiger partial charge on any atom is -0.478 e. The van der Waals surface area contributed by atoms with Crippen LogP contribution in [0, 0.1) is 13.8 Å². The first-order valence-corrected chi connectivity index (χ1v) is 6.50. The molecule has 0 fully saturated rings. The van der Waals surface area contributed by atoms with Crippen LogP contribution < -0.4 is 0 Å². The van der Waals surface area contributed by atoms with E-state index in [1.54, 1.807) is 16.8 Å². The van der Waals surface area contributed by atoms with Crippen LogP contribution in [0.1, 0.15) is 40.3 Å². The van der Waals surface area contributed by atoms with E-state index in [-0.39, 0.29) is 11.6 Å². The Labute approximate surface area is 120 Å². The smallest absolute Gasteiger partial charge is 0.335 e. The van der Waals surface area contributed by atoms with Gasteiger partial charge in [-0.2, -0.15) is 0 Å². The Morgan fingerprint density at radius 2 is 2.14 bits per heavy atom. The Hall–Kier alpha value is -2.70. The van der Waals surface area contributed by atoms with Gasteiger partial charge in [-0.25, -0.2) is 9.48 Å². The minimum absolute atomic E-state index is 0.100. The highest BCUT2D eigenvalue weighted by Crippen LogP contribution is 2.27. The van der Waals surface area contributed by atoms with Gasteiger partial charge in [-0.05, 0) is 39.0 Å². The van der Waals surface area contributed by atoms with Gasteiger partial charge in [0.15, 0.2) is 0 Å². The van der Waals surface area contributed by atoms with Crippen molar-refractivity contribution < 1.29 is 14.4 Å². The summed E-state index contributed by atoms with van der Waals surface area (Å²) in [5.74, 6) is -0.240. The van der Waals surface area contributed by atoms with Crippen LogP contribution in [0.25, 0.3) is 11.0 Å². The normalized spacial score (nSPS) is 12.7. The molecule has 7 heteroatoms. The predicted octanol–water partition coefficient (Wildman–Crippen LogP) is 2.34. The van der Waals surface area contributed by atoms with Gasteiger partial charge in [0.2, 0.25) is 0 Å². The maximum atomic E-state index is 11.0. The molecule has 0 aliphatic carbocycles.